The van der Waals surface area contributed by atoms with Gasteiger partial charge in [0.15, 0.2) is 0 Å². The summed E-state index contributed by atoms with van der Waals surface area (Å²) in [5.74, 6) is 0. The number of piperidine rings is 1. The van der Waals surface area contributed by atoms with E-state index in [1.165, 1.54) is 5.56 Å². The molecule has 1 N–H and O–H groups in total. The van der Waals surface area contributed by atoms with Crippen LogP contribution in [-0.4, -0.2) is 34.7 Å². The molecule has 2 fully saturated rings. The van der Waals surface area contributed by atoms with Crippen LogP contribution in [0.3, 0.4) is 0 Å². The van der Waals surface area contributed by atoms with Gasteiger partial charge in [0.2, 0.25) is 0 Å². The summed E-state index contributed by atoms with van der Waals surface area (Å²) in [7, 11) is 0. The van der Waals surface area contributed by atoms with Crippen molar-refractivity contribution in [2.24, 2.45) is 0 Å². The van der Waals surface area contributed by atoms with E-state index in [4.69, 9.17) is 4.74 Å². The highest BCUT2D eigenvalue weighted by atomic mass is 16.6. The fourth-order valence-electron chi connectivity index (χ4n) is 3.81. The van der Waals surface area contributed by atoms with E-state index in [9.17, 15) is 4.79 Å². The lowest BCUT2D eigenvalue weighted by Crippen LogP contribution is -2.52. The number of carbonyl (C=O) groups is 1. The standard InChI is InChI=1S/C19H28N2O2/c1-19(2,3)23-18(22)21-16-9-10-17(21)12-15(11-16)20-13-14-7-5-4-6-8-14/h4-8,15-17,20H,9-13H2,1-3H3/t15?,16-,17+. The molecular formula is C19H28N2O2. The third kappa shape index (κ3) is 4.05. The second-order valence-corrected chi connectivity index (χ2v) is 7.81. The lowest BCUT2D eigenvalue weighted by atomic mass is 9.97. The van der Waals surface area contributed by atoms with Crippen molar-refractivity contribution in [2.75, 3.05) is 0 Å². The van der Waals surface area contributed by atoms with Gasteiger partial charge >= 0.3 is 6.09 Å². The van der Waals surface area contributed by atoms with Crippen LogP contribution in [-0.2, 0) is 11.3 Å². The monoisotopic (exact) mass is 316 g/mol. The number of nitrogens with zero attached hydrogens (tertiary/aromatic N) is 1. The van der Waals surface area contributed by atoms with Gasteiger partial charge in [-0.05, 0) is 52.0 Å². The second-order valence-electron chi connectivity index (χ2n) is 7.81. The van der Waals surface area contributed by atoms with E-state index < -0.39 is 5.60 Å². The molecule has 126 valence electrons. The molecule has 23 heavy (non-hydrogen) atoms. The van der Waals surface area contributed by atoms with Crippen LogP contribution in [0.5, 0.6) is 0 Å². The third-order valence-electron chi connectivity index (χ3n) is 4.78. The van der Waals surface area contributed by atoms with Gasteiger partial charge in [-0.1, -0.05) is 30.3 Å². The predicted molar refractivity (Wildman–Crippen MR) is 91.2 cm³/mol. The summed E-state index contributed by atoms with van der Waals surface area (Å²) in [6, 6.07) is 11.6. The van der Waals surface area contributed by atoms with E-state index in [0.29, 0.717) is 18.1 Å². The van der Waals surface area contributed by atoms with E-state index in [-0.39, 0.29) is 6.09 Å². The number of amides is 1. The lowest BCUT2D eigenvalue weighted by Gasteiger charge is -2.39. The lowest BCUT2D eigenvalue weighted by molar-refractivity contribution is 0.00466. The fourth-order valence-corrected chi connectivity index (χ4v) is 3.81. The van der Waals surface area contributed by atoms with Crippen LogP contribution in [0.4, 0.5) is 4.79 Å². The maximum Gasteiger partial charge on any atom is 0.410 e. The quantitative estimate of drug-likeness (QED) is 0.924. The zero-order chi connectivity index (χ0) is 16.4. The van der Waals surface area contributed by atoms with Gasteiger partial charge in [-0.2, -0.15) is 0 Å². The first kappa shape index (κ1) is 16.3. The largest absolute Gasteiger partial charge is 0.444 e. The molecule has 0 aliphatic carbocycles. The molecular weight excluding hydrogens is 288 g/mol. The molecule has 4 nitrogen and oxygen atoms in total. The average Bonchev–Trinajstić information content (AvgIpc) is 2.76. The van der Waals surface area contributed by atoms with Gasteiger partial charge in [-0.25, -0.2) is 4.79 Å². The number of carbonyl (C=O) groups excluding carboxylic acids is 1. The Hall–Kier alpha value is -1.55. The number of hydrogen-bond acceptors (Lipinski definition) is 3. The molecule has 0 aromatic heterocycles. The molecule has 1 unspecified atom stereocenters. The van der Waals surface area contributed by atoms with Gasteiger partial charge < -0.3 is 15.0 Å². The first-order valence-electron chi connectivity index (χ1n) is 8.71. The van der Waals surface area contributed by atoms with Crippen molar-refractivity contribution in [2.45, 2.75) is 76.7 Å². The molecule has 3 rings (SSSR count). The van der Waals surface area contributed by atoms with Crippen molar-refractivity contribution in [1.29, 1.82) is 0 Å². The summed E-state index contributed by atoms with van der Waals surface area (Å²) in [5.41, 5.74) is 0.897. The van der Waals surface area contributed by atoms with Gasteiger partial charge in [0.05, 0.1) is 0 Å². The van der Waals surface area contributed by atoms with Gasteiger partial charge in [0.1, 0.15) is 5.60 Å². The Morgan fingerprint density at radius 1 is 1.17 bits per heavy atom. The highest BCUT2D eigenvalue weighted by Crippen LogP contribution is 2.36. The zero-order valence-electron chi connectivity index (χ0n) is 14.4. The van der Waals surface area contributed by atoms with Crippen LogP contribution in [0.25, 0.3) is 0 Å². The maximum absolute atomic E-state index is 12.4. The fraction of sp³-hybridized carbons (Fsp3) is 0.632. The highest BCUT2D eigenvalue weighted by Gasteiger charge is 2.44. The Bertz CT molecular complexity index is 524. The Morgan fingerprint density at radius 2 is 1.78 bits per heavy atom. The molecule has 3 atom stereocenters. The van der Waals surface area contributed by atoms with E-state index in [1.807, 2.05) is 31.7 Å². The van der Waals surface area contributed by atoms with Crippen molar-refractivity contribution < 1.29 is 9.53 Å². The topological polar surface area (TPSA) is 41.6 Å². The van der Waals surface area contributed by atoms with Crippen LogP contribution < -0.4 is 5.32 Å². The summed E-state index contributed by atoms with van der Waals surface area (Å²) >= 11 is 0. The van der Waals surface area contributed by atoms with E-state index >= 15 is 0 Å². The Kier molecular flexibility index (Phi) is 4.62. The summed E-state index contributed by atoms with van der Waals surface area (Å²) < 4.78 is 5.59. The van der Waals surface area contributed by atoms with Crippen LogP contribution in [0.15, 0.2) is 30.3 Å². The molecule has 2 aliphatic rings. The van der Waals surface area contributed by atoms with E-state index in [2.05, 4.69) is 29.6 Å². The van der Waals surface area contributed by atoms with Gasteiger partial charge in [-0.3, -0.25) is 0 Å². The molecule has 1 aromatic carbocycles. The van der Waals surface area contributed by atoms with Crippen molar-refractivity contribution >= 4 is 6.09 Å². The molecule has 1 amide bonds. The molecule has 2 heterocycles. The number of benzene rings is 1. The minimum absolute atomic E-state index is 0.133. The SMILES string of the molecule is CC(C)(C)OC(=O)N1[C@@H]2CC[C@H]1CC(NCc1ccccc1)C2. The Morgan fingerprint density at radius 3 is 2.35 bits per heavy atom. The predicted octanol–water partition coefficient (Wildman–Crippen LogP) is 3.71. The van der Waals surface area contributed by atoms with Crippen molar-refractivity contribution in [3.8, 4) is 0 Å². The van der Waals surface area contributed by atoms with Crippen LogP contribution in [0, 0.1) is 0 Å². The molecule has 0 spiro atoms. The number of ether oxygens (including phenoxy) is 1. The molecule has 0 saturated carbocycles. The number of nitrogens with one attached hydrogen (secondary N) is 1. The average molecular weight is 316 g/mol. The van der Waals surface area contributed by atoms with Crippen LogP contribution in [0.2, 0.25) is 0 Å². The summed E-state index contributed by atoms with van der Waals surface area (Å²) in [6.45, 7) is 6.69. The maximum atomic E-state index is 12.4. The van der Waals surface area contributed by atoms with Crippen molar-refractivity contribution in [1.82, 2.24) is 10.2 Å². The normalized spacial score (nSPS) is 27.1. The number of hydrogen-bond donors (Lipinski definition) is 1. The Balaban J connectivity index is 1.55. The number of rotatable bonds is 3. The van der Waals surface area contributed by atoms with Gasteiger partial charge in [0.25, 0.3) is 0 Å². The zero-order valence-corrected chi connectivity index (χ0v) is 14.4. The molecule has 0 radical (unpaired) electrons. The molecule has 4 heteroatoms. The smallest absolute Gasteiger partial charge is 0.410 e. The molecule has 2 bridgehead atoms. The minimum Gasteiger partial charge on any atom is -0.444 e. The van der Waals surface area contributed by atoms with Crippen LogP contribution in [0.1, 0.15) is 52.0 Å². The van der Waals surface area contributed by atoms with E-state index in [0.717, 1.165) is 32.2 Å². The van der Waals surface area contributed by atoms with Crippen molar-refractivity contribution in [3.05, 3.63) is 35.9 Å². The highest BCUT2D eigenvalue weighted by molar-refractivity contribution is 5.69. The van der Waals surface area contributed by atoms with Crippen molar-refractivity contribution in [3.63, 3.8) is 0 Å². The van der Waals surface area contributed by atoms with Crippen LogP contribution >= 0.6 is 0 Å². The van der Waals surface area contributed by atoms with Gasteiger partial charge in [-0.15, -0.1) is 0 Å². The summed E-state index contributed by atoms with van der Waals surface area (Å²) in [4.78, 5) is 14.4. The first-order chi connectivity index (χ1) is 10.9. The Labute approximate surface area is 139 Å². The van der Waals surface area contributed by atoms with E-state index in [1.54, 1.807) is 0 Å². The van der Waals surface area contributed by atoms with Gasteiger partial charge in [0, 0.05) is 24.7 Å². The summed E-state index contributed by atoms with van der Waals surface area (Å²) in [5, 5.41) is 3.67. The summed E-state index contributed by atoms with van der Waals surface area (Å²) in [6.07, 6.45) is 4.14. The first-order valence-corrected chi connectivity index (χ1v) is 8.71. The third-order valence-corrected chi connectivity index (χ3v) is 4.78. The number of fused-ring (bicyclic) bond motifs is 2. The molecule has 1 aromatic rings. The molecule has 2 aliphatic heterocycles. The second kappa shape index (κ2) is 6.52. The minimum atomic E-state index is -0.418. The molecule has 2 saturated heterocycles.